The summed E-state index contributed by atoms with van der Waals surface area (Å²) in [7, 11) is 0. The van der Waals surface area contributed by atoms with Crippen LogP contribution < -0.4 is 0 Å². The predicted molar refractivity (Wildman–Crippen MR) is 68.0 cm³/mol. The predicted octanol–water partition coefficient (Wildman–Crippen LogP) is 3.53. The number of Topliss-reactive ketones (excluding diaryl/α,β-unsaturated/α-hetero) is 1. The summed E-state index contributed by atoms with van der Waals surface area (Å²) in [6.45, 7) is 0. The number of fused-ring (bicyclic) bond motifs is 1. The maximum atomic E-state index is 12.2. The van der Waals surface area contributed by atoms with E-state index in [1.165, 1.54) is 0 Å². The molecule has 0 amide bonds. The number of pyridine rings is 1. The molecule has 1 aromatic carbocycles. The van der Waals surface area contributed by atoms with E-state index in [-0.39, 0.29) is 5.78 Å². The molecule has 0 radical (unpaired) electrons. The number of hydrogen-bond donors (Lipinski definition) is 0. The zero-order valence-corrected chi connectivity index (χ0v) is 9.52. The van der Waals surface area contributed by atoms with Crippen LogP contribution in [-0.2, 0) is 0 Å². The third-order valence-electron chi connectivity index (χ3n) is 3.19. The van der Waals surface area contributed by atoms with Gasteiger partial charge >= 0.3 is 0 Å². The van der Waals surface area contributed by atoms with Gasteiger partial charge in [0.15, 0.2) is 5.78 Å². The van der Waals surface area contributed by atoms with Crippen LogP contribution in [0.1, 0.15) is 29.6 Å². The average molecular weight is 223 g/mol. The second-order valence-corrected chi connectivity index (χ2v) is 4.37. The molecule has 2 aromatic rings. The molecule has 2 nitrogen and oxygen atoms in total. The number of para-hydroxylation sites is 1. The number of carbonyl (C=O) groups excluding carboxylic acids is 1. The van der Waals surface area contributed by atoms with Crippen molar-refractivity contribution in [3.8, 4) is 0 Å². The molecule has 0 unspecified atom stereocenters. The van der Waals surface area contributed by atoms with Crippen molar-refractivity contribution in [3.63, 3.8) is 0 Å². The molecule has 0 spiro atoms. The summed E-state index contributed by atoms with van der Waals surface area (Å²) in [6.07, 6.45) is 6.77. The van der Waals surface area contributed by atoms with Gasteiger partial charge in [-0.3, -0.25) is 9.78 Å². The summed E-state index contributed by atoms with van der Waals surface area (Å²) < 4.78 is 0. The lowest BCUT2D eigenvalue weighted by molar-refractivity contribution is 0.103. The molecule has 1 aliphatic carbocycles. The van der Waals surface area contributed by atoms with E-state index in [1.807, 2.05) is 30.3 Å². The minimum Gasteiger partial charge on any atom is -0.289 e. The number of benzene rings is 1. The lowest BCUT2D eigenvalue weighted by Crippen LogP contribution is -2.02. The highest BCUT2D eigenvalue weighted by Crippen LogP contribution is 2.22. The fourth-order valence-electron chi connectivity index (χ4n) is 2.26. The Morgan fingerprint density at radius 3 is 2.94 bits per heavy atom. The van der Waals surface area contributed by atoms with E-state index in [2.05, 4.69) is 11.1 Å². The second kappa shape index (κ2) is 4.13. The van der Waals surface area contributed by atoms with Crippen molar-refractivity contribution >= 4 is 16.7 Å². The van der Waals surface area contributed by atoms with Gasteiger partial charge in [0.2, 0.25) is 0 Å². The van der Waals surface area contributed by atoms with E-state index in [0.29, 0.717) is 5.56 Å². The number of allylic oxidation sites excluding steroid dienone is 2. The molecular formula is C15H13NO. The van der Waals surface area contributed by atoms with Crippen LogP contribution >= 0.6 is 0 Å². The first kappa shape index (κ1) is 10.2. The van der Waals surface area contributed by atoms with Crippen molar-refractivity contribution < 1.29 is 4.79 Å². The Hall–Kier alpha value is -1.96. The molecule has 1 heterocycles. The van der Waals surface area contributed by atoms with Gasteiger partial charge in [-0.2, -0.15) is 0 Å². The molecule has 0 fully saturated rings. The molecule has 84 valence electrons. The highest BCUT2D eigenvalue weighted by Gasteiger charge is 2.15. The summed E-state index contributed by atoms with van der Waals surface area (Å²) >= 11 is 0. The van der Waals surface area contributed by atoms with Crippen molar-refractivity contribution in [1.82, 2.24) is 4.98 Å². The molecule has 2 heteroatoms. The van der Waals surface area contributed by atoms with Crippen LogP contribution in [0.4, 0.5) is 0 Å². The summed E-state index contributed by atoms with van der Waals surface area (Å²) in [5, 5.41) is 1.02. The lowest BCUT2D eigenvalue weighted by Gasteiger charge is -2.03. The van der Waals surface area contributed by atoms with Gasteiger partial charge in [0, 0.05) is 17.1 Å². The molecular weight excluding hydrogens is 210 g/mol. The van der Waals surface area contributed by atoms with Gasteiger partial charge in [-0.25, -0.2) is 0 Å². The van der Waals surface area contributed by atoms with Crippen LogP contribution in [0, 0.1) is 0 Å². The first-order valence-electron chi connectivity index (χ1n) is 5.93. The summed E-state index contributed by atoms with van der Waals surface area (Å²) in [4.78, 5) is 16.5. The second-order valence-electron chi connectivity index (χ2n) is 4.37. The van der Waals surface area contributed by atoms with Crippen molar-refractivity contribution in [1.29, 1.82) is 0 Å². The van der Waals surface area contributed by atoms with Crippen LogP contribution in [0.2, 0.25) is 0 Å². The van der Waals surface area contributed by atoms with Crippen LogP contribution in [-0.4, -0.2) is 10.8 Å². The summed E-state index contributed by atoms with van der Waals surface area (Å²) in [5.74, 6) is 0.140. The summed E-state index contributed by atoms with van der Waals surface area (Å²) in [6, 6.07) is 9.80. The van der Waals surface area contributed by atoms with Gasteiger partial charge in [-0.05, 0) is 37.0 Å². The monoisotopic (exact) mass is 223 g/mol. The zero-order valence-electron chi connectivity index (χ0n) is 9.52. The van der Waals surface area contributed by atoms with Gasteiger partial charge in [0.05, 0.1) is 5.52 Å². The fourth-order valence-corrected chi connectivity index (χ4v) is 2.26. The topological polar surface area (TPSA) is 30.0 Å². The Kier molecular flexibility index (Phi) is 2.48. The van der Waals surface area contributed by atoms with Gasteiger partial charge in [0.25, 0.3) is 0 Å². The van der Waals surface area contributed by atoms with E-state index >= 15 is 0 Å². The minimum atomic E-state index is 0.140. The minimum absolute atomic E-state index is 0.140. The number of rotatable bonds is 2. The molecule has 0 saturated carbocycles. The van der Waals surface area contributed by atoms with Gasteiger partial charge in [-0.1, -0.05) is 24.3 Å². The van der Waals surface area contributed by atoms with Gasteiger partial charge < -0.3 is 0 Å². The highest BCUT2D eigenvalue weighted by molar-refractivity contribution is 6.10. The third kappa shape index (κ3) is 1.86. The molecule has 0 bridgehead atoms. The largest absolute Gasteiger partial charge is 0.289 e. The quantitative estimate of drug-likeness (QED) is 0.729. The molecule has 3 rings (SSSR count). The molecule has 17 heavy (non-hydrogen) atoms. The SMILES string of the molecule is O=C(C1=CCCC1)c1cnc2ccccc2c1. The van der Waals surface area contributed by atoms with Crippen molar-refractivity contribution in [2.45, 2.75) is 19.3 Å². The van der Waals surface area contributed by atoms with Crippen LogP contribution in [0.25, 0.3) is 10.9 Å². The van der Waals surface area contributed by atoms with Crippen molar-refractivity contribution in [3.05, 3.63) is 53.7 Å². The van der Waals surface area contributed by atoms with E-state index in [0.717, 1.165) is 35.7 Å². The molecule has 0 aliphatic heterocycles. The van der Waals surface area contributed by atoms with E-state index in [9.17, 15) is 4.79 Å². The van der Waals surface area contributed by atoms with Gasteiger partial charge in [-0.15, -0.1) is 0 Å². The Labute approximate surface area is 100.0 Å². The Morgan fingerprint density at radius 1 is 1.24 bits per heavy atom. The molecule has 0 N–H and O–H groups in total. The standard InChI is InChI=1S/C15H13NO/c17-15(11-5-1-2-6-11)13-9-12-7-3-4-8-14(12)16-10-13/h3-5,7-10H,1-2,6H2. The third-order valence-corrected chi connectivity index (χ3v) is 3.19. The van der Waals surface area contributed by atoms with Crippen molar-refractivity contribution in [2.24, 2.45) is 0 Å². The maximum Gasteiger partial charge on any atom is 0.190 e. The Balaban J connectivity index is 2.03. The van der Waals surface area contributed by atoms with E-state index < -0.39 is 0 Å². The maximum absolute atomic E-state index is 12.2. The van der Waals surface area contributed by atoms with Gasteiger partial charge in [0.1, 0.15) is 0 Å². The van der Waals surface area contributed by atoms with Crippen LogP contribution in [0.3, 0.4) is 0 Å². The molecule has 1 aromatic heterocycles. The first-order valence-corrected chi connectivity index (χ1v) is 5.93. The Morgan fingerprint density at radius 2 is 2.12 bits per heavy atom. The average Bonchev–Trinajstić information content (AvgIpc) is 2.91. The molecule has 1 aliphatic rings. The van der Waals surface area contributed by atoms with Crippen molar-refractivity contribution in [2.75, 3.05) is 0 Å². The first-order chi connectivity index (χ1) is 8.34. The number of ketones is 1. The van der Waals surface area contributed by atoms with Crippen LogP contribution in [0.15, 0.2) is 48.2 Å². The normalized spacial score (nSPS) is 14.9. The summed E-state index contributed by atoms with van der Waals surface area (Å²) in [5.41, 5.74) is 2.59. The lowest BCUT2D eigenvalue weighted by atomic mass is 10.0. The molecule has 0 atom stereocenters. The van der Waals surface area contributed by atoms with E-state index in [1.54, 1.807) is 6.20 Å². The van der Waals surface area contributed by atoms with Crippen LogP contribution in [0.5, 0.6) is 0 Å². The number of aromatic nitrogens is 1. The zero-order chi connectivity index (χ0) is 11.7. The fraction of sp³-hybridized carbons (Fsp3) is 0.200. The van der Waals surface area contributed by atoms with E-state index in [4.69, 9.17) is 0 Å². The highest BCUT2D eigenvalue weighted by atomic mass is 16.1. The number of nitrogens with zero attached hydrogens (tertiary/aromatic N) is 1. The molecule has 0 saturated heterocycles. The Bertz CT molecular complexity index is 613. The number of hydrogen-bond acceptors (Lipinski definition) is 2. The smallest absolute Gasteiger partial charge is 0.190 e. The number of carbonyl (C=O) groups is 1.